The van der Waals surface area contributed by atoms with Crippen LogP contribution < -0.4 is 0 Å². The fourth-order valence-electron chi connectivity index (χ4n) is 10.1. The van der Waals surface area contributed by atoms with Crippen molar-refractivity contribution in [1.82, 2.24) is 0 Å². The highest BCUT2D eigenvalue weighted by Gasteiger charge is 2.58. The minimum atomic E-state index is 0. The SMILES string of the molecule is C.C/C=C(\CC)[C@H]1CCC[C@H]2[C@@H]3CC[C@]4(CC)CC[C@@](C)(CC)CC[C@@H]4[C@H]3CC[C@]12C.C=C/C(C#CC)=C\C.C=CCC. The summed E-state index contributed by atoms with van der Waals surface area (Å²) in [5.41, 5.74) is 4.68. The molecule has 0 spiro atoms. The van der Waals surface area contributed by atoms with Crippen molar-refractivity contribution in [1.29, 1.82) is 0 Å². The molecule has 0 amide bonds. The van der Waals surface area contributed by atoms with Crippen molar-refractivity contribution in [3.05, 3.63) is 48.6 Å². The molecule has 0 nitrogen and oxygen atoms in total. The molecule has 0 heterocycles. The van der Waals surface area contributed by atoms with Crippen molar-refractivity contribution < 1.29 is 0 Å². The summed E-state index contributed by atoms with van der Waals surface area (Å²) in [5, 5.41) is 0. The van der Waals surface area contributed by atoms with Gasteiger partial charge in [0.05, 0.1) is 0 Å². The molecule has 43 heavy (non-hydrogen) atoms. The van der Waals surface area contributed by atoms with Crippen LogP contribution in [0.1, 0.15) is 166 Å². The van der Waals surface area contributed by atoms with Gasteiger partial charge >= 0.3 is 0 Å². The molecule has 0 unspecified atom stereocenters. The van der Waals surface area contributed by atoms with Crippen LogP contribution in [0.2, 0.25) is 0 Å². The van der Waals surface area contributed by atoms with Gasteiger partial charge in [0.25, 0.3) is 0 Å². The molecular weight excluding hydrogens is 516 g/mol. The molecule has 4 aliphatic rings. The van der Waals surface area contributed by atoms with Crippen molar-refractivity contribution >= 4 is 0 Å². The van der Waals surface area contributed by atoms with Crippen LogP contribution in [0.25, 0.3) is 0 Å². The lowest BCUT2D eigenvalue weighted by Crippen LogP contribution is -2.54. The Bertz CT molecular complexity index is 966. The monoisotopic (exact) mass is 591 g/mol. The molecule has 0 bridgehead atoms. The molecule has 0 aliphatic heterocycles. The molecule has 4 saturated carbocycles. The lowest BCUT2D eigenvalue weighted by molar-refractivity contribution is -0.119. The number of allylic oxidation sites excluding steroid dienone is 6. The van der Waals surface area contributed by atoms with Crippen LogP contribution in [0.15, 0.2) is 48.6 Å². The van der Waals surface area contributed by atoms with Crippen molar-refractivity contribution in [2.45, 2.75) is 166 Å². The van der Waals surface area contributed by atoms with Crippen molar-refractivity contribution in [3.63, 3.8) is 0 Å². The third-order valence-electron chi connectivity index (χ3n) is 13.2. The molecule has 0 aromatic heterocycles. The van der Waals surface area contributed by atoms with E-state index in [1.54, 1.807) is 37.3 Å². The summed E-state index contributed by atoms with van der Waals surface area (Å²) < 4.78 is 0. The Balaban J connectivity index is 0.000000605. The van der Waals surface area contributed by atoms with Crippen LogP contribution >= 0.6 is 0 Å². The predicted molar refractivity (Wildman–Crippen MR) is 196 cm³/mol. The number of rotatable bonds is 6. The van der Waals surface area contributed by atoms with Gasteiger partial charge in [0.15, 0.2) is 0 Å². The molecule has 4 rings (SSSR count). The first-order valence-electron chi connectivity index (χ1n) is 18.1. The van der Waals surface area contributed by atoms with Gasteiger partial charge in [-0.1, -0.05) is 111 Å². The predicted octanol–water partition coefficient (Wildman–Crippen LogP) is 13.9. The Morgan fingerprint density at radius 3 is 1.93 bits per heavy atom. The van der Waals surface area contributed by atoms with Crippen LogP contribution in [0.5, 0.6) is 0 Å². The second kappa shape index (κ2) is 18.5. The molecular formula is C43H74. The van der Waals surface area contributed by atoms with E-state index in [1.165, 1.54) is 64.2 Å². The highest BCUT2D eigenvalue weighted by atomic mass is 14.6. The molecule has 0 heteroatoms. The molecule has 0 saturated heterocycles. The summed E-state index contributed by atoms with van der Waals surface area (Å²) in [4.78, 5) is 0. The van der Waals surface area contributed by atoms with E-state index in [-0.39, 0.29) is 7.43 Å². The first kappa shape index (κ1) is 39.5. The average molecular weight is 591 g/mol. The highest BCUT2D eigenvalue weighted by molar-refractivity contribution is 5.35. The molecule has 8 atom stereocenters. The van der Waals surface area contributed by atoms with Gasteiger partial charge in [-0.3, -0.25) is 0 Å². The van der Waals surface area contributed by atoms with Gasteiger partial charge < -0.3 is 0 Å². The molecule has 0 radical (unpaired) electrons. The molecule has 0 aromatic carbocycles. The van der Waals surface area contributed by atoms with Gasteiger partial charge in [-0.15, -0.1) is 12.5 Å². The second-order valence-corrected chi connectivity index (χ2v) is 14.8. The summed E-state index contributed by atoms with van der Waals surface area (Å²) in [6, 6.07) is 0. The van der Waals surface area contributed by atoms with Gasteiger partial charge in [0.2, 0.25) is 0 Å². The topological polar surface area (TPSA) is 0 Å². The molecule has 0 aromatic rings. The third kappa shape index (κ3) is 9.05. The maximum absolute atomic E-state index is 3.58. The van der Waals surface area contributed by atoms with Gasteiger partial charge in [0.1, 0.15) is 0 Å². The minimum Gasteiger partial charge on any atom is -0.103 e. The van der Waals surface area contributed by atoms with Crippen LogP contribution in [0.3, 0.4) is 0 Å². The van der Waals surface area contributed by atoms with Crippen molar-refractivity contribution in [2.75, 3.05) is 0 Å². The molecule has 4 aliphatic carbocycles. The lowest BCUT2D eigenvalue weighted by atomic mass is 9.43. The Labute approximate surface area is 271 Å². The van der Waals surface area contributed by atoms with E-state index < -0.39 is 0 Å². The van der Waals surface area contributed by atoms with Gasteiger partial charge in [-0.05, 0) is 144 Å². The Morgan fingerprint density at radius 2 is 1.44 bits per heavy atom. The fraction of sp³-hybridized carbons (Fsp3) is 0.767. The van der Waals surface area contributed by atoms with Crippen molar-refractivity contribution in [3.8, 4) is 11.8 Å². The first-order valence-corrected chi connectivity index (χ1v) is 18.1. The van der Waals surface area contributed by atoms with E-state index in [0.717, 1.165) is 41.6 Å². The maximum atomic E-state index is 3.58. The lowest BCUT2D eigenvalue weighted by Gasteiger charge is -2.62. The van der Waals surface area contributed by atoms with E-state index in [4.69, 9.17) is 0 Å². The van der Waals surface area contributed by atoms with E-state index >= 15 is 0 Å². The fourth-order valence-corrected chi connectivity index (χ4v) is 10.1. The van der Waals surface area contributed by atoms with Gasteiger partial charge in [-0.2, -0.15) is 0 Å². The van der Waals surface area contributed by atoms with Crippen molar-refractivity contribution in [2.24, 2.45) is 45.8 Å². The summed E-state index contributed by atoms with van der Waals surface area (Å²) in [7, 11) is 0. The van der Waals surface area contributed by atoms with E-state index in [1.807, 2.05) is 26.0 Å². The Kier molecular flexibility index (Phi) is 17.0. The molecule has 246 valence electrons. The maximum Gasteiger partial charge on any atom is 0.0196 e. The van der Waals surface area contributed by atoms with Crippen LogP contribution in [0.4, 0.5) is 0 Å². The van der Waals surface area contributed by atoms with E-state index in [9.17, 15) is 0 Å². The molecule has 4 fully saturated rings. The van der Waals surface area contributed by atoms with E-state index in [2.05, 4.69) is 79.5 Å². The first-order chi connectivity index (χ1) is 20.1. The van der Waals surface area contributed by atoms with Gasteiger partial charge in [0, 0.05) is 5.57 Å². The van der Waals surface area contributed by atoms with Gasteiger partial charge in [-0.25, -0.2) is 0 Å². The number of hydrogen-bond acceptors (Lipinski definition) is 0. The summed E-state index contributed by atoms with van der Waals surface area (Å²) in [6.07, 6.45) is 30.0. The highest BCUT2D eigenvalue weighted by Crippen LogP contribution is 2.67. The largest absolute Gasteiger partial charge is 0.103 e. The zero-order valence-corrected chi connectivity index (χ0v) is 29.7. The van der Waals surface area contributed by atoms with E-state index in [0.29, 0.717) is 16.2 Å². The quantitative estimate of drug-likeness (QED) is 0.164. The second-order valence-electron chi connectivity index (χ2n) is 14.8. The summed E-state index contributed by atoms with van der Waals surface area (Å²) in [6.45, 7) is 27.9. The Hall–Kier alpha value is -1.48. The van der Waals surface area contributed by atoms with Crippen LogP contribution in [-0.4, -0.2) is 0 Å². The normalized spacial score (nSPS) is 36.9. The minimum absolute atomic E-state index is 0. The zero-order valence-electron chi connectivity index (χ0n) is 29.7. The Morgan fingerprint density at radius 1 is 0.791 bits per heavy atom. The van der Waals surface area contributed by atoms with Crippen LogP contribution in [-0.2, 0) is 0 Å². The number of fused-ring (bicyclic) bond motifs is 5. The number of hydrogen-bond donors (Lipinski definition) is 0. The van der Waals surface area contributed by atoms with Crippen LogP contribution in [0, 0.1) is 57.7 Å². The molecule has 0 N–H and O–H groups in total. The smallest absolute Gasteiger partial charge is 0.0196 e. The zero-order chi connectivity index (χ0) is 31.4. The third-order valence-corrected chi connectivity index (χ3v) is 13.2. The summed E-state index contributed by atoms with van der Waals surface area (Å²) in [5.74, 6) is 10.7. The summed E-state index contributed by atoms with van der Waals surface area (Å²) >= 11 is 0. The standard InChI is InChI=1S/C30H52.C8H10.C4H8.CH4/c1-7-22(8-2)25-12-11-13-26-23-15-19-30(10-4)21-20-28(5,9-3)17-16-27(30)24(23)14-18-29(25,26)6;1-4-7-8(5-2)6-3;1-3-4-2;/h7,23-27H,8-21H2,1-6H3;5-6H,2H2,1,3H3;3H,1,4H2,2H3;1H4/b22-7+;8-6+;;/t23-,24+,25-,26+,27-,28+,29-,30-;;;/m1.../s1. The average Bonchev–Trinajstić information content (AvgIpc) is 3.18.